The van der Waals surface area contributed by atoms with Crippen molar-refractivity contribution in [2.24, 2.45) is 0 Å². The first-order valence-corrected chi connectivity index (χ1v) is 7.52. The maximum atomic E-state index is 11.0. The van der Waals surface area contributed by atoms with E-state index in [4.69, 9.17) is 0 Å². The van der Waals surface area contributed by atoms with Crippen molar-refractivity contribution in [3.05, 3.63) is 48.0 Å². The number of rotatable bonds is 2. The van der Waals surface area contributed by atoms with Crippen LogP contribution in [-0.4, -0.2) is 14.7 Å². The van der Waals surface area contributed by atoms with Gasteiger partial charge in [-0.2, -0.15) is 0 Å². The van der Waals surface area contributed by atoms with E-state index in [9.17, 15) is 5.11 Å². The van der Waals surface area contributed by atoms with Crippen LogP contribution < -0.4 is 0 Å². The molecule has 1 aromatic carbocycles. The van der Waals surface area contributed by atoms with E-state index in [0.717, 1.165) is 37.2 Å². The van der Waals surface area contributed by atoms with Gasteiger partial charge in [0.05, 0.1) is 0 Å². The fourth-order valence-corrected chi connectivity index (χ4v) is 3.10. The summed E-state index contributed by atoms with van der Waals surface area (Å²) in [5.74, 6) is 0.795. The van der Waals surface area contributed by atoms with Crippen LogP contribution in [0.1, 0.15) is 49.9 Å². The van der Waals surface area contributed by atoms with Crippen molar-refractivity contribution < 1.29 is 5.11 Å². The quantitative estimate of drug-likeness (QED) is 0.844. The van der Waals surface area contributed by atoms with Crippen LogP contribution in [0.4, 0.5) is 0 Å². The van der Waals surface area contributed by atoms with Crippen molar-refractivity contribution in [3.8, 4) is 5.69 Å². The molecular weight excluding hydrogens is 248 g/mol. The zero-order valence-corrected chi connectivity index (χ0v) is 12.0. The molecule has 2 aromatic rings. The predicted molar refractivity (Wildman–Crippen MR) is 79.9 cm³/mol. The number of aryl methyl sites for hydroxylation is 1. The number of benzene rings is 1. The molecule has 106 valence electrons. The molecule has 0 bridgehead atoms. The molecule has 1 saturated carbocycles. The van der Waals surface area contributed by atoms with E-state index in [1.165, 1.54) is 18.4 Å². The average molecular weight is 270 g/mol. The summed E-state index contributed by atoms with van der Waals surface area (Å²) in [7, 11) is 0. The lowest BCUT2D eigenvalue weighted by Crippen LogP contribution is -2.28. The summed E-state index contributed by atoms with van der Waals surface area (Å²) in [6, 6.07) is 8.35. The molecule has 1 aliphatic rings. The van der Waals surface area contributed by atoms with Gasteiger partial charge in [-0.3, -0.25) is 0 Å². The van der Waals surface area contributed by atoms with Gasteiger partial charge in [0.2, 0.25) is 0 Å². The molecule has 3 nitrogen and oxygen atoms in total. The van der Waals surface area contributed by atoms with Gasteiger partial charge in [0.1, 0.15) is 11.4 Å². The molecule has 1 aliphatic carbocycles. The normalized spacial score (nSPS) is 18.7. The van der Waals surface area contributed by atoms with E-state index in [1.54, 1.807) is 6.20 Å². The first-order chi connectivity index (χ1) is 9.69. The summed E-state index contributed by atoms with van der Waals surface area (Å²) >= 11 is 0. The van der Waals surface area contributed by atoms with Crippen LogP contribution in [0.3, 0.4) is 0 Å². The molecule has 1 heterocycles. The number of nitrogens with zero attached hydrogens (tertiary/aromatic N) is 2. The summed E-state index contributed by atoms with van der Waals surface area (Å²) in [5, 5.41) is 11.0. The first kappa shape index (κ1) is 13.4. The van der Waals surface area contributed by atoms with Crippen molar-refractivity contribution in [3.63, 3.8) is 0 Å². The molecule has 0 radical (unpaired) electrons. The molecule has 0 saturated heterocycles. The zero-order chi connectivity index (χ0) is 14.0. The molecule has 1 fully saturated rings. The van der Waals surface area contributed by atoms with E-state index in [-0.39, 0.29) is 0 Å². The number of hydrogen-bond donors (Lipinski definition) is 1. The van der Waals surface area contributed by atoms with Crippen LogP contribution in [0.25, 0.3) is 5.69 Å². The number of imidazole rings is 1. The molecule has 1 N–H and O–H groups in total. The third-order valence-corrected chi connectivity index (χ3v) is 4.30. The van der Waals surface area contributed by atoms with Crippen molar-refractivity contribution in [2.75, 3.05) is 0 Å². The Kier molecular flexibility index (Phi) is 3.62. The second-order valence-electron chi connectivity index (χ2n) is 5.90. The van der Waals surface area contributed by atoms with Crippen LogP contribution in [0.2, 0.25) is 0 Å². The van der Waals surface area contributed by atoms with Gasteiger partial charge in [0.15, 0.2) is 0 Å². The van der Waals surface area contributed by atoms with Crippen LogP contribution in [0, 0.1) is 6.92 Å². The van der Waals surface area contributed by atoms with Crippen LogP contribution in [0.15, 0.2) is 36.7 Å². The van der Waals surface area contributed by atoms with E-state index >= 15 is 0 Å². The molecule has 0 spiro atoms. The Bertz CT molecular complexity index is 563. The van der Waals surface area contributed by atoms with E-state index in [1.807, 2.05) is 10.8 Å². The molecular formula is C17H22N2O. The zero-order valence-electron chi connectivity index (χ0n) is 12.0. The van der Waals surface area contributed by atoms with Crippen LogP contribution >= 0.6 is 0 Å². The molecule has 3 rings (SSSR count). The summed E-state index contributed by atoms with van der Waals surface area (Å²) < 4.78 is 2.03. The minimum Gasteiger partial charge on any atom is -0.382 e. The van der Waals surface area contributed by atoms with Gasteiger partial charge in [0.25, 0.3) is 0 Å². The third kappa shape index (κ3) is 2.50. The second-order valence-corrected chi connectivity index (χ2v) is 5.90. The van der Waals surface area contributed by atoms with E-state index in [0.29, 0.717) is 0 Å². The highest BCUT2D eigenvalue weighted by atomic mass is 16.3. The highest BCUT2D eigenvalue weighted by Gasteiger charge is 2.34. The number of aliphatic hydroxyl groups is 1. The van der Waals surface area contributed by atoms with E-state index < -0.39 is 5.60 Å². The van der Waals surface area contributed by atoms with Gasteiger partial charge in [0, 0.05) is 18.1 Å². The monoisotopic (exact) mass is 270 g/mol. The Hall–Kier alpha value is -1.61. The summed E-state index contributed by atoms with van der Waals surface area (Å²) in [6.07, 6.45) is 9.96. The Labute approximate surface area is 120 Å². The summed E-state index contributed by atoms with van der Waals surface area (Å²) in [6.45, 7) is 2.08. The molecule has 0 unspecified atom stereocenters. The predicted octanol–water partition coefficient (Wildman–Crippen LogP) is 3.72. The molecule has 20 heavy (non-hydrogen) atoms. The summed E-state index contributed by atoms with van der Waals surface area (Å²) in [5.41, 5.74) is 1.54. The molecule has 0 amide bonds. The van der Waals surface area contributed by atoms with Gasteiger partial charge in [-0.1, -0.05) is 43.4 Å². The number of hydrogen-bond acceptors (Lipinski definition) is 2. The first-order valence-electron chi connectivity index (χ1n) is 7.52. The Balaban J connectivity index is 1.98. The number of aromatic nitrogens is 2. The van der Waals surface area contributed by atoms with Crippen LogP contribution in [-0.2, 0) is 5.60 Å². The van der Waals surface area contributed by atoms with Crippen molar-refractivity contribution >= 4 is 0 Å². The van der Waals surface area contributed by atoms with Gasteiger partial charge >= 0.3 is 0 Å². The standard InChI is InChI=1S/C17H22N2O/c1-14-6-8-15(9-7-14)19-13-12-18-16(19)17(20)10-4-2-3-5-11-17/h6-9,12-13,20H,2-5,10-11H2,1H3. The molecule has 1 aromatic heterocycles. The lowest BCUT2D eigenvalue weighted by atomic mass is 9.93. The highest BCUT2D eigenvalue weighted by molar-refractivity contribution is 5.36. The largest absolute Gasteiger partial charge is 0.382 e. The Morgan fingerprint density at radius 1 is 1.05 bits per heavy atom. The fourth-order valence-electron chi connectivity index (χ4n) is 3.10. The van der Waals surface area contributed by atoms with Crippen molar-refractivity contribution in [2.45, 2.75) is 51.0 Å². The smallest absolute Gasteiger partial charge is 0.145 e. The second kappa shape index (κ2) is 5.41. The van der Waals surface area contributed by atoms with Gasteiger partial charge < -0.3 is 9.67 Å². The average Bonchev–Trinajstić information content (AvgIpc) is 2.84. The maximum Gasteiger partial charge on any atom is 0.145 e. The van der Waals surface area contributed by atoms with Crippen molar-refractivity contribution in [1.82, 2.24) is 9.55 Å². The summed E-state index contributed by atoms with van der Waals surface area (Å²) in [4.78, 5) is 4.47. The maximum absolute atomic E-state index is 11.0. The van der Waals surface area contributed by atoms with Crippen molar-refractivity contribution in [1.29, 1.82) is 0 Å². The Morgan fingerprint density at radius 3 is 2.35 bits per heavy atom. The minimum atomic E-state index is -0.773. The van der Waals surface area contributed by atoms with Crippen LogP contribution in [0.5, 0.6) is 0 Å². The Morgan fingerprint density at radius 2 is 1.70 bits per heavy atom. The molecule has 0 aliphatic heterocycles. The lowest BCUT2D eigenvalue weighted by molar-refractivity contribution is 0.0105. The molecule has 3 heteroatoms. The topological polar surface area (TPSA) is 38.0 Å². The van der Waals surface area contributed by atoms with Gasteiger partial charge in [-0.05, 0) is 31.9 Å². The lowest BCUT2D eigenvalue weighted by Gasteiger charge is -2.26. The fraction of sp³-hybridized carbons (Fsp3) is 0.471. The SMILES string of the molecule is Cc1ccc(-n2ccnc2C2(O)CCCCCC2)cc1. The third-order valence-electron chi connectivity index (χ3n) is 4.30. The highest BCUT2D eigenvalue weighted by Crippen LogP contribution is 2.35. The minimum absolute atomic E-state index is 0.773. The van der Waals surface area contributed by atoms with Gasteiger partial charge in [-0.25, -0.2) is 4.98 Å². The van der Waals surface area contributed by atoms with Gasteiger partial charge in [-0.15, -0.1) is 0 Å². The molecule has 0 atom stereocenters. The van der Waals surface area contributed by atoms with E-state index in [2.05, 4.69) is 36.2 Å².